The van der Waals surface area contributed by atoms with Crippen molar-refractivity contribution in [2.24, 2.45) is 0 Å². The summed E-state index contributed by atoms with van der Waals surface area (Å²) >= 11 is 0. The first kappa shape index (κ1) is 23.9. The van der Waals surface area contributed by atoms with E-state index in [-0.39, 0.29) is 26.3 Å². The van der Waals surface area contributed by atoms with Crippen molar-refractivity contribution in [3.8, 4) is 23.6 Å². The third-order valence-corrected chi connectivity index (χ3v) is 4.92. The number of rotatable bonds is 9. The molecule has 2 aromatic carbocycles. The molecule has 4 N–H and O–H groups in total. The van der Waals surface area contributed by atoms with Crippen LogP contribution in [0.25, 0.3) is 0 Å². The van der Waals surface area contributed by atoms with E-state index in [9.17, 15) is 14.4 Å². The van der Waals surface area contributed by atoms with E-state index in [4.69, 9.17) is 20.0 Å². The van der Waals surface area contributed by atoms with E-state index in [1.54, 1.807) is 54.6 Å². The molecule has 0 aromatic heterocycles. The van der Waals surface area contributed by atoms with Gasteiger partial charge in [0.1, 0.15) is 6.42 Å². The summed E-state index contributed by atoms with van der Waals surface area (Å²) in [5.41, 5.74) is -0.952. The molecule has 0 saturated heterocycles. The topological polar surface area (TPSA) is 165 Å². The fourth-order valence-corrected chi connectivity index (χ4v) is 3.29. The SMILES string of the molecule is N#CCCNC(=O)C(CNC(=O)CC#N)(NC(=O)Nc1ccc2c(c1)OCO2)c1ccccc1. The zero-order chi connectivity index (χ0) is 24.4. The third kappa shape index (κ3) is 5.72. The van der Waals surface area contributed by atoms with E-state index in [2.05, 4.69) is 21.3 Å². The van der Waals surface area contributed by atoms with Crippen molar-refractivity contribution in [1.29, 1.82) is 10.5 Å². The van der Waals surface area contributed by atoms with Gasteiger partial charge in [0.15, 0.2) is 17.0 Å². The smallest absolute Gasteiger partial charge is 0.320 e. The highest BCUT2D eigenvalue weighted by Crippen LogP contribution is 2.34. The summed E-state index contributed by atoms with van der Waals surface area (Å²) in [6.07, 6.45) is -0.356. The number of urea groups is 1. The van der Waals surface area contributed by atoms with Crippen LogP contribution in [-0.2, 0) is 15.1 Å². The molecule has 4 amide bonds. The third-order valence-electron chi connectivity index (χ3n) is 4.92. The van der Waals surface area contributed by atoms with Crippen molar-refractivity contribution >= 4 is 23.5 Å². The number of benzene rings is 2. The number of amides is 4. The molecule has 2 aromatic rings. The van der Waals surface area contributed by atoms with Crippen LogP contribution in [0.1, 0.15) is 18.4 Å². The van der Waals surface area contributed by atoms with Crippen LogP contribution in [0.5, 0.6) is 11.5 Å². The predicted molar refractivity (Wildman–Crippen MR) is 119 cm³/mol. The Labute approximate surface area is 195 Å². The second-order valence-electron chi connectivity index (χ2n) is 7.19. The summed E-state index contributed by atoms with van der Waals surface area (Å²) in [4.78, 5) is 38.4. The Morgan fingerprint density at radius 3 is 2.47 bits per heavy atom. The summed E-state index contributed by atoms with van der Waals surface area (Å²) in [7, 11) is 0. The summed E-state index contributed by atoms with van der Waals surface area (Å²) in [6.45, 7) is -0.209. The van der Waals surface area contributed by atoms with Crippen molar-refractivity contribution in [2.45, 2.75) is 18.4 Å². The molecule has 11 heteroatoms. The van der Waals surface area contributed by atoms with E-state index < -0.39 is 29.8 Å². The first-order valence-electron chi connectivity index (χ1n) is 10.3. The highest BCUT2D eigenvalue weighted by atomic mass is 16.7. The molecule has 1 atom stereocenters. The number of anilines is 1. The Bertz CT molecular complexity index is 1140. The van der Waals surface area contributed by atoms with Gasteiger partial charge in [-0.15, -0.1) is 0 Å². The van der Waals surface area contributed by atoms with Gasteiger partial charge in [-0.2, -0.15) is 10.5 Å². The maximum atomic E-state index is 13.3. The number of ether oxygens (including phenoxy) is 2. The molecule has 1 aliphatic heterocycles. The monoisotopic (exact) mass is 462 g/mol. The quantitative estimate of drug-likeness (QED) is 0.410. The van der Waals surface area contributed by atoms with Crippen molar-refractivity contribution in [2.75, 3.05) is 25.2 Å². The molecule has 0 bridgehead atoms. The van der Waals surface area contributed by atoms with Gasteiger partial charge in [-0.3, -0.25) is 9.59 Å². The summed E-state index contributed by atoms with van der Waals surface area (Å²) in [5.74, 6) is -0.232. The Balaban J connectivity index is 1.89. The van der Waals surface area contributed by atoms with Crippen LogP contribution in [0.3, 0.4) is 0 Å². The fourth-order valence-electron chi connectivity index (χ4n) is 3.29. The van der Waals surface area contributed by atoms with Crippen molar-refractivity contribution in [3.05, 3.63) is 54.1 Å². The lowest BCUT2D eigenvalue weighted by Crippen LogP contribution is -2.62. The predicted octanol–water partition coefficient (Wildman–Crippen LogP) is 1.49. The van der Waals surface area contributed by atoms with Gasteiger partial charge in [-0.05, 0) is 17.7 Å². The number of carbonyl (C=O) groups is 3. The molecule has 3 rings (SSSR count). The molecule has 34 heavy (non-hydrogen) atoms. The van der Waals surface area contributed by atoms with Crippen LogP contribution < -0.4 is 30.7 Å². The van der Waals surface area contributed by atoms with E-state index in [0.717, 1.165) is 0 Å². The van der Waals surface area contributed by atoms with Gasteiger partial charge in [0.05, 0.1) is 25.1 Å². The number of carbonyl (C=O) groups excluding carboxylic acids is 3. The van der Waals surface area contributed by atoms with Gasteiger partial charge in [0, 0.05) is 18.3 Å². The molecule has 1 aliphatic rings. The van der Waals surface area contributed by atoms with Crippen molar-refractivity contribution in [1.82, 2.24) is 16.0 Å². The molecule has 0 saturated carbocycles. The molecule has 0 radical (unpaired) electrons. The first-order chi connectivity index (χ1) is 16.5. The molecule has 11 nitrogen and oxygen atoms in total. The minimum Gasteiger partial charge on any atom is -0.454 e. The number of nitrogens with one attached hydrogen (secondary N) is 4. The zero-order valence-electron chi connectivity index (χ0n) is 18.1. The minimum atomic E-state index is -1.73. The van der Waals surface area contributed by atoms with E-state index in [0.29, 0.717) is 22.7 Å². The Morgan fingerprint density at radius 2 is 1.74 bits per heavy atom. The molecule has 0 aliphatic carbocycles. The van der Waals surface area contributed by atoms with Crippen molar-refractivity contribution < 1.29 is 23.9 Å². The lowest BCUT2D eigenvalue weighted by atomic mass is 9.88. The fraction of sp³-hybridized carbons (Fsp3) is 0.261. The van der Waals surface area contributed by atoms with Gasteiger partial charge in [0.25, 0.3) is 5.91 Å². The highest BCUT2D eigenvalue weighted by molar-refractivity contribution is 5.97. The lowest BCUT2D eigenvalue weighted by molar-refractivity contribution is -0.128. The summed E-state index contributed by atoms with van der Waals surface area (Å²) in [5, 5.41) is 28.1. The molecule has 1 heterocycles. The molecule has 0 fully saturated rings. The van der Waals surface area contributed by atoms with Crippen LogP contribution in [0.15, 0.2) is 48.5 Å². The largest absolute Gasteiger partial charge is 0.454 e. The van der Waals surface area contributed by atoms with Crippen molar-refractivity contribution in [3.63, 3.8) is 0 Å². The normalized spacial score (nSPS) is 12.9. The average Bonchev–Trinajstić information content (AvgIpc) is 3.30. The van der Waals surface area contributed by atoms with Crippen LogP contribution >= 0.6 is 0 Å². The van der Waals surface area contributed by atoms with E-state index in [1.807, 2.05) is 6.07 Å². The number of hydrogen-bond acceptors (Lipinski definition) is 7. The second kappa shape index (κ2) is 11.2. The van der Waals surface area contributed by atoms with Gasteiger partial charge in [-0.1, -0.05) is 30.3 Å². The lowest BCUT2D eigenvalue weighted by Gasteiger charge is -2.34. The minimum absolute atomic E-state index is 0.0432. The first-order valence-corrected chi connectivity index (χ1v) is 10.3. The van der Waals surface area contributed by atoms with E-state index in [1.165, 1.54) is 0 Å². The molecule has 0 spiro atoms. The maximum absolute atomic E-state index is 13.3. The van der Waals surface area contributed by atoms with Crippen LogP contribution in [0.2, 0.25) is 0 Å². The number of hydrogen-bond donors (Lipinski definition) is 4. The maximum Gasteiger partial charge on any atom is 0.320 e. The summed E-state index contributed by atoms with van der Waals surface area (Å²) < 4.78 is 10.6. The standard InChI is InChI=1S/C23H22N6O5/c24-10-4-12-26-21(31)23(14-27-20(30)9-11-25,16-5-2-1-3-6-16)29-22(32)28-17-7-8-18-19(13-17)34-15-33-18/h1-3,5-8,13H,4,9,12,14-15H2,(H,26,31)(H,27,30)(H2,28,29,32). The second-order valence-corrected chi connectivity index (χ2v) is 7.19. The van der Waals surface area contributed by atoms with Gasteiger partial charge < -0.3 is 30.7 Å². The number of nitriles is 2. The van der Waals surface area contributed by atoms with E-state index >= 15 is 0 Å². The molecule has 1 unspecified atom stereocenters. The van der Waals surface area contributed by atoms with Gasteiger partial charge >= 0.3 is 6.03 Å². The zero-order valence-corrected chi connectivity index (χ0v) is 18.1. The van der Waals surface area contributed by atoms with Crippen LogP contribution in [-0.4, -0.2) is 37.7 Å². The molecule has 174 valence electrons. The number of nitrogens with zero attached hydrogens (tertiary/aromatic N) is 2. The summed E-state index contributed by atoms with van der Waals surface area (Å²) in [6, 6.07) is 16.1. The molecular formula is C23H22N6O5. The Morgan fingerprint density at radius 1 is 0.971 bits per heavy atom. The average molecular weight is 462 g/mol. The van der Waals surface area contributed by atoms with Crippen LogP contribution in [0.4, 0.5) is 10.5 Å². The van der Waals surface area contributed by atoms with Gasteiger partial charge in [0.2, 0.25) is 12.7 Å². The Hall–Kier alpha value is -4.77. The number of fused-ring (bicyclic) bond motifs is 1. The Kier molecular flexibility index (Phi) is 7.87. The highest BCUT2D eigenvalue weighted by Gasteiger charge is 2.42. The van der Waals surface area contributed by atoms with Crippen LogP contribution in [0, 0.1) is 22.7 Å². The van der Waals surface area contributed by atoms with Gasteiger partial charge in [-0.25, -0.2) is 4.79 Å². The molecular weight excluding hydrogens is 440 g/mol.